The number of fused-ring (bicyclic) bond motifs is 1. The zero-order valence-corrected chi connectivity index (χ0v) is 13.9. The van der Waals surface area contributed by atoms with Gasteiger partial charge in [-0.3, -0.25) is 4.79 Å². The van der Waals surface area contributed by atoms with E-state index in [0.717, 1.165) is 0 Å². The van der Waals surface area contributed by atoms with Crippen molar-refractivity contribution in [3.05, 3.63) is 57.6 Å². The average molecular weight is 363 g/mol. The second kappa shape index (κ2) is 7.00. The molecule has 2 aromatic carbocycles. The first-order valence-electron chi connectivity index (χ1n) is 7.15. The lowest BCUT2D eigenvalue weighted by molar-refractivity contribution is 0.0934. The molecule has 1 amide bonds. The highest BCUT2D eigenvalue weighted by molar-refractivity contribution is 6.42. The van der Waals surface area contributed by atoms with Crippen LogP contribution in [0.3, 0.4) is 0 Å². The first-order valence-corrected chi connectivity index (χ1v) is 7.90. The van der Waals surface area contributed by atoms with E-state index >= 15 is 0 Å². The number of rotatable bonds is 3. The molecule has 0 aliphatic carbocycles. The summed E-state index contributed by atoms with van der Waals surface area (Å²) in [7, 11) is 0. The Morgan fingerprint density at radius 1 is 1.17 bits per heavy atom. The van der Waals surface area contributed by atoms with Crippen LogP contribution in [0.2, 0.25) is 10.0 Å². The van der Waals surface area contributed by atoms with E-state index in [0.29, 0.717) is 40.9 Å². The summed E-state index contributed by atoms with van der Waals surface area (Å²) in [6.45, 7) is 0.788. The molecule has 0 saturated carbocycles. The SMILES string of the molecule is N#CC(NC(=O)c1cccc2c1OCCO2)c1cccc(Cl)c1Cl. The molecule has 122 valence electrons. The van der Waals surface area contributed by atoms with Gasteiger partial charge in [0.1, 0.15) is 19.3 Å². The molecule has 1 N–H and O–H groups in total. The third-order valence-corrected chi connectivity index (χ3v) is 4.34. The lowest BCUT2D eigenvalue weighted by Crippen LogP contribution is -2.29. The summed E-state index contributed by atoms with van der Waals surface area (Å²) in [6.07, 6.45) is 0. The van der Waals surface area contributed by atoms with Gasteiger partial charge in [0.05, 0.1) is 21.7 Å². The molecule has 3 rings (SSSR count). The van der Waals surface area contributed by atoms with Gasteiger partial charge in [-0.15, -0.1) is 0 Å². The molecule has 1 aliphatic rings. The van der Waals surface area contributed by atoms with Gasteiger partial charge in [-0.1, -0.05) is 41.4 Å². The van der Waals surface area contributed by atoms with Crippen LogP contribution in [0.4, 0.5) is 0 Å². The molecule has 1 heterocycles. The second-order valence-electron chi connectivity index (χ2n) is 5.01. The number of ether oxygens (including phenoxy) is 2. The number of hydrogen-bond acceptors (Lipinski definition) is 4. The molecule has 2 aromatic rings. The highest BCUT2D eigenvalue weighted by atomic mass is 35.5. The number of halogens is 2. The highest BCUT2D eigenvalue weighted by Gasteiger charge is 2.24. The van der Waals surface area contributed by atoms with Crippen molar-refractivity contribution in [1.29, 1.82) is 5.26 Å². The van der Waals surface area contributed by atoms with Crippen molar-refractivity contribution in [2.45, 2.75) is 6.04 Å². The third-order valence-electron chi connectivity index (χ3n) is 3.51. The molecule has 1 unspecified atom stereocenters. The smallest absolute Gasteiger partial charge is 0.256 e. The molecule has 24 heavy (non-hydrogen) atoms. The monoisotopic (exact) mass is 362 g/mol. The Hall–Kier alpha value is -2.42. The third kappa shape index (κ3) is 3.12. The quantitative estimate of drug-likeness (QED) is 0.902. The fourth-order valence-corrected chi connectivity index (χ4v) is 2.80. The first-order chi connectivity index (χ1) is 11.6. The molecule has 1 atom stereocenters. The highest BCUT2D eigenvalue weighted by Crippen LogP contribution is 2.34. The minimum Gasteiger partial charge on any atom is -0.486 e. The van der Waals surface area contributed by atoms with Gasteiger partial charge in [0.15, 0.2) is 11.5 Å². The van der Waals surface area contributed by atoms with E-state index < -0.39 is 11.9 Å². The van der Waals surface area contributed by atoms with Gasteiger partial charge < -0.3 is 14.8 Å². The van der Waals surface area contributed by atoms with Gasteiger partial charge in [0, 0.05) is 5.56 Å². The van der Waals surface area contributed by atoms with Crippen molar-refractivity contribution in [3.8, 4) is 17.6 Å². The Labute approximate surface area is 148 Å². The summed E-state index contributed by atoms with van der Waals surface area (Å²) in [5.41, 5.74) is 0.729. The predicted molar refractivity (Wildman–Crippen MR) is 89.7 cm³/mol. The van der Waals surface area contributed by atoms with E-state index in [4.69, 9.17) is 32.7 Å². The summed E-state index contributed by atoms with van der Waals surface area (Å²) in [6, 6.07) is 11.0. The Balaban J connectivity index is 1.89. The number of nitrogens with one attached hydrogen (secondary N) is 1. The van der Waals surface area contributed by atoms with Crippen molar-refractivity contribution in [3.63, 3.8) is 0 Å². The van der Waals surface area contributed by atoms with Crippen LogP contribution < -0.4 is 14.8 Å². The molecule has 1 aliphatic heterocycles. The second-order valence-corrected chi connectivity index (χ2v) is 5.79. The van der Waals surface area contributed by atoms with Crippen LogP contribution in [-0.4, -0.2) is 19.1 Å². The fourth-order valence-electron chi connectivity index (χ4n) is 2.38. The number of amides is 1. The molecule has 5 nitrogen and oxygen atoms in total. The molecule has 0 aromatic heterocycles. The topological polar surface area (TPSA) is 71.4 Å². The van der Waals surface area contributed by atoms with Gasteiger partial charge in [-0.2, -0.15) is 5.26 Å². The van der Waals surface area contributed by atoms with Gasteiger partial charge in [-0.05, 0) is 18.2 Å². The van der Waals surface area contributed by atoms with Crippen LogP contribution in [0, 0.1) is 11.3 Å². The minimum absolute atomic E-state index is 0.237. The van der Waals surface area contributed by atoms with Crippen molar-refractivity contribution < 1.29 is 14.3 Å². The summed E-state index contributed by atoms with van der Waals surface area (Å²) in [5.74, 6) is 0.415. The number of carbonyl (C=O) groups is 1. The number of nitriles is 1. The van der Waals surface area contributed by atoms with Crippen molar-refractivity contribution in [1.82, 2.24) is 5.32 Å². The summed E-state index contributed by atoms with van der Waals surface area (Å²) in [5, 5.41) is 12.6. The maximum Gasteiger partial charge on any atom is 0.256 e. The fraction of sp³-hybridized carbons (Fsp3) is 0.176. The molecule has 0 saturated heterocycles. The van der Waals surface area contributed by atoms with Gasteiger partial charge in [0.2, 0.25) is 0 Å². The first kappa shape index (κ1) is 16.4. The Morgan fingerprint density at radius 3 is 2.71 bits per heavy atom. The number of para-hydroxylation sites is 1. The van der Waals surface area contributed by atoms with E-state index in [1.807, 2.05) is 6.07 Å². The maximum absolute atomic E-state index is 12.6. The normalized spacial score (nSPS) is 13.7. The van der Waals surface area contributed by atoms with Crippen molar-refractivity contribution in [2.75, 3.05) is 13.2 Å². The van der Waals surface area contributed by atoms with Crippen LogP contribution in [0.15, 0.2) is 36.4 Å². The number of carbonyl (C=O) groups excluding carboxylic acids is 1. The lowest BCUT2D eigenvalue weighted by atomic mass is 10.1. The van der Waals surface area contributed by atoms with E-state index in [1.165, 1.54) is 0 Å². The van der Waals surface area contributed by atoms with Gasteiger partial charge >= 0.3 is 0 Å². The van der Waals surface area contributed by atoms with E-state index in [9.17, 15) is 10.1 Å². The molecule has 0 bridgehead atoms. The molecule has 0 spiro atoms. The van der Waals surface area contributed by atoms with Crippen LogP contribution in [0.1, 0.15) is 22.0 Å². The molecule has 0 fully saturated rings. The van der Waals surface area contributed by atoms with Crippen LogP contribution >= 0.6 is 23.2 Å². The Bertz CT molecular complexity index is 833. The minimum atomic E-state index is -0.941. The zero-order valence-electron chi connectivity index (χ0n) is 12.4. The van der Waals surface area contributed by atoms with Gasteiger partial charge in [-0.25, -0.2) is 0 Å². The molecule has 7 heteroatoms. The largest absolute Gasteiger partial charge is 0.486 e. The van der Waals surface area contributed by atoms with Crippen molar-refractivity contribution in [2.24, 2.45) is 0 Å². The van der Waals surface area contributed by atoms with Gasteiger partial charge in [0.25, 0.3) is 5.91 Å². The number of hydrogen-bond donors (Lipinski definition) is 1. The van der Waals surface area contributed by atoms with Crippen LogP contribution in [0.5, 0.6) is 11.5 Å². The molecular formula is C17H12Cl2N2O3. The Kier molecular flexibility index (Phi) is 4.79. The number of nitrogens with zero attached hydrogens (tertiary/aromatic N) is 1. The van der Waals surface area contributed by atoms with E-state index in [-0.39, 0.29) is 5.02 Å². The summed E-state index contributed by atoms with van der Waals surface area (Å²) in [4.78, 5) is 12.6. The molecule has 0 radical (unpaired) electrons. The zero-order chi connectivity index (χ0) is 17.1. The standard InChI is InChI=1S/C17H12Cl2N2O3/c18-12-5-1-3-10(15(12)19)13(9-20)21-17(22)11-4-2-6-14-16(11)24-8-7-23-14/h1-6,13H,7-8H2,(H,21,22). The average Bonchev–Trinajstić information content (AvgIpc) is 2.61. The van der Waals surface area contributed by atoms with E-state index in [1.54, 1.807) is 36.4 Å². The number of benzene rings is 2. The Morgan fingerprint density at radius 2 is 1.92 bits per heavy atom. The van der Waals surface area contributed by atoms with Crippen LogP contribution in [0.25, 0.3) is 0 Å². The summed E-state index contributed by atoms with van der Waals surface area (Å²) >= 11 is 12.1. The van der Waals surface area contributed by atoms with E-state index in [2.05, 4.69) is 5.32 Å². The lowest BCUT2D eigenvalue weighted by Gasteiger charge is -2.21. The predicted octanol–water partition coefficient (Wildman–Crippen LogP) is 3.76. The maximum atomic E-state index is 12.6. The molecular weight excluding hydrogens is 351 g/mol. The summed E-state index contributed by atoms with van der Waals surface area (Å²) < 4.78 is 11.0. The van der Waals surface area contributed by atoms with Crippen molar-refractivity contribution >= 4 is 29.1 Å². The van der Waals surface area contributed by atoms with Crippen LogP contribution in [-0.2, 0) is 0 Å².